The number of oxime groups is 1. The van der Waals surface area contributed by atoms with E-state index < -0.39 is 5.82 Å². The van der Waals surface area contributed by atoms with E-state index in [4.69, 9.17) is 15.4 Å². The van der Waals surface area contributed by atoms with Crippen LogP contribution in [0.4, 0.5) is 4.39 Å². The molecule has 94 valence electrons. The third-order valence-electron chi connectivity index (χ3n) is 2.03. The third kappa shape index (κ3) is 2.59. The maximum absolute atomic E-state index is 13.1. The molecule has 1 aromatic carbocycles. The quantitative estimate of drug-likeness (QED) is 0.381. The summed E-state index contributed by atoms with van der Waals surface area (Å²) in [6, 6.07) is 3.92. The summed E-state index contributed by atoms with van der Waals surface area (Å²) < 4.78 is 18.3. The first-order valence-electron chi connectivity index (χ1n) is 4.85. The molecule has 18 heavy (non-hydrogen) atoms. The van der Waals surface area contributed by atoms with Gasteiger partial charge in [0.2, 0.25) is 5.89 Å². The molecule has 2 rings (SSSR count). The lowest BCUT2D eigenvalue weighted by Gasteiger charge is -2.05. The largest absolute Gasteiger partial charge is 0.416 e. The standard InChI is InChI=1S/C10H9FN4O2S/c1-5-13-14-10(17-5)18-8-3-2-6(11)4-7(8)9(12)15-16/h2-4,16H,1H3,(H2,12,15). The van der Waals surface area contributed by atoms with E-state index in [1.807, 2.05) is 0 Å². The van der Waals surface area contributed by atoms with Crippen LogP contribution in [0.15, 0.2) is 37.9 Å². The van der Waals surface area contributed by atoms with Gasteiger partial charge in [-0.05, 0) is 30.0 Å². The zero-order valence-electron chi connectivity index (χ0n) is 9.29. The van der Waals surface area contributed by atoms with Crippen LogP contribution >= 0.6 is 11.8 Å². The highest BCUT2D eigenvalue weighted by Gasteiger charge is 2.13. The lowest BCUT2D eigenvalue weighted by molar-refractivity contribution is 0.318. The zero-order chi connectivity index (χ0) is 13.1. The van der Waals surface area contributed by atoms with E-state index >= 15 is 0 Å². The van der Waals surface area contributed by atoms with Crippen molar-refractivity contribution in [2.45, 2.75) is 17.0 Å². The molecule has 0 saturated carbocycles. The molecule has 0 spiro atoms. The summed E-state index contributed by atoms with van der Waals surface area (Å²) >= 11 is 1.11. The van der Waals surface area contributed by atoms with Crippen LogP contribution in [0.5, 0.6) is 0 Å². The van der Waals surface area contributed by atoms with Gasteiger partial charge in [-0.25, -0.2) is 4.39 Å². The van der Waals surface area contributed by atoms with Gasteiger partial charge in [-0.2, -0.15) is 0 Å². The molecule has 6 nitrogen and oxygen atoms in total. The van der Waals surface area contributed by atoms with E-state index in [2.05, 4.69) is 15.4 Å². The molecule has 0 amide bonds. The van der Waals surface area contributed by atoms with Gasteiger partial charge in [-0.3, -0.25) is 0 Å². The van der Waals surface area contributed by atoms with Gasteiger partial charge in [0.1, 0.15) is 5.82 Å². The van der Waals surface area contributed by atoms with Crippen LogP contribution in [0.1, 0.15) is 11.5 Å². The van der Waals surface area contributed by atoms with Crippen molar-refractivity contribution in [3.05, 3.63) is 35.5 Å². The summed E-state index contributed by atoms with van der Waals surface area (Å²) in [7, 11) is 0. The van der Waals surface area contributed by atoms with Crippen molar-refractivity contribution in [1.29, 1.82) is 0 Å². The van der Waals surface area contributed by atoms with E-state index in [0.717, 1.165) is 11.8 Å². The second-order valence-corrected chi connectivity index (χ2v) is 4.31. The number of halogens is 1. The Kier molecular flexibility index (Phi) is 3.47. The van der Waals surface area contributed by atoms with Crippen molar-refractivity contribution in [3.8, 4) is 0 Å². The second-order valence-electron chi connectivity index (χ2n) is 3.31. The van der Waals surface area contributed by atoms with Gasteiger partial charge in [0.05, 0.1) is 0 Å². The number of rotatable bonds is 3. The molecule has 0 unspecified atom stereocenters. The van der Waals surface area contributed by atoms with E-state index in [-0.39, 0.29) is 11.4 Å². The molecule has 2 aromatic rings. The smallest absolute Gasteiger partial charge is 0.281 e. The molecule has 1 heterocycles. The minimum absolute atomic E-state index is 0.187. The number of benzene rings is 1. The normalized spacial score (nSPS) is 11.8. The SMILES string of the molecule is Cc1nnc(Sc2ccc(F)cc2C(N)=NO)o1. The van der Waals surface area contributed by atoms with Gasteiger partial charge >= 0.3 is 0 Å². The van der Waals surface area contributed by atoms with Crippen LogP contribution in [0.25, 0.3) is 0 Å². The number of nitrogens with two attached hydrogens (primary N) is 1. The van der Waals surface area contributed by atoms with Crippen LogP contribution in [-0.4, -0.2) is 21.2 Å². The predicted molar refractivity (Wildman–Crippen MR) is 62.1 cm³/mol. The third-order valence-corrected chi connectivity index (χ3v) is 2.95. The molecule has 0 bridgehead atoms. The van der Waals surface area contributed by atoms with Gasteiger partial charge in [-0.1, -0.05) is 5.16 Å². The van der Waals surface area contributed by atoms with Crippen LogP contribution in [0.2, 0.25) is 0 Å². The van der Waals surface area contributed by atoms with Gasteiger partial charge in [-0.15, -0.1) is 10.2 Å². The fourth-order valence-electron chi connectivity index (χ4n) is 1.26. The average Bonchev–Trinajstić information content (AvgIpc) is 2.76. The van der Waals surface area contributed by atoms with Gasteiger partial charge in [0, 0.05) is 17.4 Å². The summed E-state index contributed by atoms with van der Waals surface area (Å²) in [5.74, 6) is -0.249. The molecule has 0 aliphatic heterocycles. The Balaban J connectivity index is 2.38. The highest BCUT2D eigenvalue weighted by atomic mass is 32.2. The van der Waals surface area contributed by atoms with Crippen molar-refractivity contribution in [3.63, 3.8) is 0 Å². The molecule has 0 aliphatic carbocycles. The summed E-state index contributed by atoms with van der Waals surface area (Å²) in [5, 5.41) is 19.3. The first kappa shape index (κ1) is 12.4. The van der Waals surface area contributed by atoms with Crippen LogP contribution < -0.4 is 5.73 Å². The van der Waals surface area contributed by atoms with Crippen LogP contribution in [-0.2, 0) is 0 Å². The van der Waals surface area contributed by atoms with E-state index in [1.165, 1.54) is 18.2 Å². The van der Waals surface area contributed by atoms with Crippen molar-refractivity contribution < 1.29 is 14.0 Å². The molecule has 0 atom stereocenters. The number of aromatic nitrogens is 2. The van der Waals surface area contributed by atoms with Crippen LogP contribution in [0.3, 0.4) is 0 Å². The summed E-state index contributed by atoms with van der Waals surface area (Å²) in [6.07, 6.45) is 0. The number of hydrogen-bond acceptors (Lipinski definition) is 6. The van der Waals surface area contributed by atoms with Crippen molar-refractivity contribution >= 4 is 17.6 Å². The van der Waals surface area contributed by atoms with Crippen molar-refractivity contribution in [2.24, 2.45) is 10.9 Å². The van der Waals surface area contributed by atoms with Crippen molar-refractivity contribution in [2.75, 3.05) is 0 Å². The Bertz CT molecular complexity index is 599. The minimum atomic E-state index is -0.484. The average molecular weight is 268 g/mol. The van der Waals surface area contributed by atoms with Gasteiger partial charge in [0.25, 0.3) is 5.22 Å². The molecular formula is C10H9FN4O2S. The Morgan fingerprint density at radius 3 is 2.89 bits per heavy atom. The molecular weight excluding hydrogens is 259 g/mol. The van der Waals surface area contributed by atoms with Crippen LogP contribution in [0, 0.1) is 12.7 Å². The lowest BCUT2D eigenvalue weighted by atomic mass is 10.2. The predicted octanol–water partition coefficient (Wildman–Crippen LogP) is 1.76. The first-order valence-corrected chi connectivity index (χ1v) is 5.67. The second kappa shape index (κ2) is 5.05. The number of aryl methyl sites for hydroxylation is 1. The molecule has 3 N–H and O–H groups in total. The number of nitrogens with zero attached hydrogens (tertiary/aromatic N) is 3. The Morgan fingerprint density at radius 1 is 1.50 bits per heavy atom. The molecule has 0 fully saturated rings. The molecule has 8 heteroatoms. The summed E-state index contributed by atoms with van der Waals surface area (Å²) in [5.41, 5.74) is 5.74. The van der Waals surface area contributed by atoms with Gasteiger partial charge in [0.15, 0.2) is 5.84 Å². The highest BCUT2D eigenvalue weighted by molar-refractivity contribution is 7.99. The Labute approximate surface area is 106 Å². The fourth-order valence-corrected chi connectivity index (χ4v) is 2.10. The minimum Gasteiger partial charge on any atom is -0.416 e. The maximum Gasteiger partial charge on any atom is 0.281 e. The van der Waals surface area contributed by atoms with E-state index in [0.29, 0.717) is 16.0 Å². The molecule has 0 radical (unpaired) electrons. The first-order chi connectivity index (χ1) is 8.60. The topological polar surface area (TPSA) is 97.5 Å². The summed E-state index contributed by atoms with van der Waals surface area (Å²) in [6.45, 7) is 1.66. The molecule has 1 aromatic heterocycles. The molecule has 0 aliphatic rings. The number of amidine groups is 1. The monoisotopic (exact) mass is 268 g/mol. The van der Waals surface area contributed by atoms with Crippen molar-refractivity contribution in [1.82, 2.24) is 10.2 Å². The highest BCUT2D eigenvalue weighted by Crippen LogP contribution is 2.29. The lowest BCUT2D eigenvalue weighted by Crippen LogP contribution is -2.14. The number of hydrogen-bond donors (Lipinski definition) is 2. The Morgan fingerprint density at radius 2 is 2.28 bits per heavy atom. The summed E-state index contributed by atoms with van der Waals surface area (Å²) in [4.78, 5) is 0.551. The van der Waals surface area contributed by atoms with E-state index in [1.54, 1.807) is 6.92 Å². The molecule has 0 saturated heterocycles. The zero-order valence-corrected chi connectivity index (χ0v) is 10.1. The fraction of sp³-hybridized carbons (Fsp3) is 0.100. The van der Waals surface area contributed by atoms with E-state index in [9.17, 15) is 4.39 Å². The Hall–Kier alpha value is -2.09. The maximum atomic E-state index is 13.1. The van der Waals surface area contributed by atoms with Gasteiger partial charge < -0.3 is 15.4 Å².